The fourth-order valence-corrected chi connectivity index (χ4v) is 3.74. The number of furan rings is 1. The summed E-state index contributed by atoms with van der Waals surface area (Å²) in [5.41, 5.74) is 1.88. The Labute approximate surface area is 143 Å². The van der Waals surface area contributed by atoms with Gasteiger partial charge in [-0.25, -0.2) is 4.98 Å². The van der Waals surface area contributed by atoms with Gasteiger partial charge in [0.05, 0.1) is 17.7 Å². The van der Waals surface area contributed by atoms with Crippen LogP contribution >= 0.6 is 23.1 Å². The van der Waals surface area contributed by atoms with E-state index in [1.807, 2.05) is 47.8 Å². The van der Waals surface area contributed by atoms with Crippen molar-refractivity contribution in [3.63, 3.8) is 0 Å². The van der Waals surface area contributed by atoms with Crippen LogP contribution in [0, 0.1) is 0 Å². The Bertz CT molecular complexity index is 754. The standard InChI is InChI=1S/C17H16N2O2S2/c1-19(14-6-3-2-4-7-14)16(20)12-22-10-13-11-23-17(18-13)15-8-5-9-21-15/h2-9,11H,10,12H2,1H3. The number of para-hydroxylation sites is 1. The highest BCUT2D eigenvalue weighted by Crippen LogP contribution is 2.25. The normalized spacial score (nSPS) is 10.7. The molecule has 118 valence electrons. The maximum Gasteiger partial charge on any atom is 0.236 e. The SMILES string of the molecule is CN(C(=O)CSCc1csc(-c2ccco2)n1)c1ccccc1. The number of aromatic nitrogens is 1. The Morgan fingerprint density at radius 1 is 1.26 bits per heavy atom. The minimum atomic E-state index is 0.0858. The maximum atomic E-state index is 12.2. The predicted molar refractivity (Wildman–Crippen MR) is 95.8 cm³/mol. The Morgan fingerprint density at radius 2 is 2.09 bits per heavy atom. The van der Waals surface area contributed by atoms with Crippen LogP contribution in [0.3, 0.4) is 0 Å². The number of nitrogens with zero attached hydrogens (tertiary/aromatic N) is 2. The van der Waals surface area contributed by atoms with E-state index in [9.17, 15) is 4.79 Å². The lowest BCUT2D eigenvalue weighted by Gasteiger charge is -2.16. The molecule has 23 heavy (non-hydrogen) atoms. The molecule has 0 aliphatic carbocycles. The minimum Gasteiger partial charge on any atom is -0.462 e. The molecule has 0 aliphatic heterocycles. The fraction of sp³-hybridized carbons (Fsp3) is 0.176. The summed E-state index contributed by atoms with van der Waals surface area (Å²) in [7, 11) is 1.80. The van der Waals surface area contributed by atoms with Crippen molar-refractivity contribution >= 4 is 34.7 Å². The molecule has 1 aromatic carbocycles. The van der Waals surface area contributed by atoms with E-state index >= 15 is 0 Å². The van der Waals surface area contributed by atoms with E-state index in [1.54, 1.807) is 41.3 Å². The van der Waals surface area contributed by atoms with Gasteiger partial charge in [0, 0.05) is 23.9 Å². The fourth-order valence-electron chi connectivity index (χ4n) is 2.02. The van der Waals surface area contributed by atoms with Crippen LogP contribution in [0.2, 0.25) is 0 Å². The van der Waals surface area contributed by atoms with Crippen LogP contribution in [0.15, 0.2) is 58.5 Å². The summed E-state index contributed by atoms with van der Waals surface area (Å²) < 4.78 is 5.34. The van der Waals surface area contributed by atoms with Gasteiger partial charge < -0.3 is 9.32 Å². The van der Waals surface area contributed by atoms with Crippen molar-refractivity contribution < 1.29 is 9.21 Å². The smallest absolute Gasteiger partial charge is 0.236 e. The Kier molecular flexibility index (Phi) is 5.15. The molecule has 0 bridgehead atoms. The van der Waals surface area contributed by atoms with E-state index in [-0.39, 0.29) is 5.91 Å². The number of thioether (sulfide) groups is 1. The van der Waals surface area contributed by atoms with Crippen LogP contribution in [-0.4, -0.2) is 23.7 Å². The molecule has 0 spiro atoms. The zero-order chi connectivity index (χ0) is 16.1. The van der Waals surface area contributed by atoms with Gasteiger partial charge in [0.2, 0.25) is 5.91 Å². The molecule has 1 amide bonds. The first-order valence-corrected chi connectivity index (χ1v) is 9.15. The monoisotopic (exact) mass is 344 g/mol. The van der Waals surface area contributed by atoms with Crippen molar-refractivity contribution in [2.45, 2.75) is 5.75 Å². The average molecular weight is 344 g/mol. The maximum absolute atomic E-state index is 12.2. The lowest BCUT2D eigenvalue weighted by atomic mass is 10.3. The van der Waals surface area contributed by atoms with E-state index in [0.29, 0.717) is 11.5 Å². The first kappa shape index (κ1) is 15.8. The Hall–Kier alpha value is -2.05. The van der Waals surface area contributed by atoms with Crippen molar-refractivity contribution in [2.75, 3.05) is 17.7 Å². The highest BCUT2D eigenvalue weighted by atomic mass is 32.2. The van der Waals surface area contributed by atoms with E-state index in [0.717, 1.165) is 22.1 Å². The van der Waals surface area contributed by atoms with Gasteiger partial charge in [-0.3, -0.25) is 4.79 Å². The van der Waals surface area contributed by atoms with Gasteiger partial charge in [-0.15, -0.1) is 23.1 Å². The molecule has 0 radical (unpaired) electrons. The van der Waals surface area contributed by atoms with Crippen molar-refractivity contribution in [3.8, 4) is 10.8 Å². The number of carbonyl (C=O) groups excluding carboxylic acids is 1. The summed E-state index contributed by atoms with van der Waals surface area (Å²) in [6, 6.07) is 13.4. The number of hydrogen-bond acceptors (Lipinski definition) is 5. The third kappa shape index (κ3) is 4.03. The molecule has 4 nitrogen and oxygen atoms in total. The number of rotatable bonds is 6. The first-order valence-electron chi connectivity index (χ1n) is 7.11. The number of amides is 1. The quantitative estimate of drug-likeness (QED) is 0.669. The summed E-state index contributed by atoms with van der Waals surface area (Å²) in [5, 5.41) is 2.88. The van der Waals surface area contributed by atoms with Crippen LogP contribution in [0.1, 0.15) is 5.69 Å². The first-order chi connectivity index (χ1) is 11.2. The van der Waals surface area contributed by atoms with Crippen molar-refractivity contribution in [1.29, 1.82) is 0 Å². The highest BCUT2D eigenvalue weighted by Gasteiger charge is 2.12. The molecule has 2 heterocycles. The van der Waals surface area contributed by atoms with Gasteiger partial charge in [0.15, 0.2) is 10.8 Å². The van der Waals surface area contributed by atoms with Crippen LogP contribution in [0.25, 0.3) is 10.8 Å². The molecule has 3 aromatic rings. The summed E-state index contributed by atoms with van der Waals surface area (Å²) in [6.45, 7) is 0. The second-order valence-electron chi connectivity index (χ2n) is 4.90. The van der Waals surface area contributed by atoms with Crippen LogP contribution in [-0.2, 0) is 10.5 Å². The molecule has 0 N–H and O–H groups in total. The zero-order valence-electron chi connectivity index (χ0n) is 12.6. The Balaban J connectivity index is 1.50. The molecule has 0 unspecified atom stereocenters. The second kappa shape index (κ2) is 7.48. The molecule has 0 aliphatic rings. The molecule has 0 fully saturated rings. The minimum absolute atomic E-state index is 0.0858. The van der Waals surface area contributed by atoms with Crippen LogP contribution in [0.4, 0.5) is 5.69 Å². The summed E-state index contributed by atoms with van der Waals surface area (Å²) in [5.74, 6) is 2.01. The third-order valence-electron chi connectivity index (χ3n) is 3.28. The molecule has 0 atom stereocenters. The molecular weight excluding hydrogens is 328 g/mol. The van der Waals surface area contributed by atoms with E-state index < -0.39 is 0 Å². The molecule has 0 saturated carbocycles. The lowest BCUT2D eigenvalue weighted by molar-refractivity contribution is -0.115. The Morgan fingerprint density at radius 3 is 2.83 bits per heavy atom. The largest absolute Gasteiger partial charge is 0.462 e. The molecule has 6 heteroatoms. The third-order valence-corrected chi connectivity index (χ3v) is 5.13. The van der Waals surface area contributed by atoms with Gasteiger partial charge >= 0.3 is 0 Å². The van der Waals surface area contributed by atoms with Crippen LogP contribution in [0.5, 0.6) is 0 Å². The van der Waals surface area contributed by atoms with Crippen molar-refractivity contribution in [1.82, 2.24) is 4.98 Å². The number of hydrogen-bond donors (Lipinski definition) is 0. The van der Waals surface area contributed by atoms with Gasteiger partial charge in [-0.2, -0.15) is 0 Å². The number of benzene rings is 1. The van der Waals surface area contributed by atoms with E-state index in [1.165, 1.54) is 0 Å². The summed E-state index contributed by atoms with van der Waals surface area (Å²) in [4.78, 5) is 18.4. The number of carbonyl (C=O) groups is 1. The van der Waals surface area contributed by atoms with Gasteiger partial charge in [0.1, 0.15) is 0 Å². The van der Waals surface area contributed by atoms with Gasteiger partial charge in [-0.05, 0) is 24.3 Å². The van der Waals surface area contributed by atoms with Crippen molar-refractivity contribution in [2.24, 2.45) is 0 Å². The molecule has 0 saturated heterocycles. The molecular formula is C17H16N2O2S2. The average Bonchev–Trinajstić information content (AvgIpc) is 3.26. The van der Waals surface area contributed by atoms with Crippen LogP contribution < -0.4 is 4.90 Å². The zero-order valence-corrected chi connectivity index (χ0v) is 14.3. The lowest BCUT2D eigenvalue weighted by Crippen LogP contribution is -2.27. The topological polar surface area (TPSA) is 46.3 Å². The van der Waals surface area contributed by atoms with E-state index in [2.05, 4.69) is 4.98 Å². The predicted octanol–water partition coefficient (Wildman–Crippen LogP) is 4.30. The number of thiazole rings is 1. The van der Waals surface area contributed by atoms with Crippen molar-refractivity contribution in [3.05, 3.63) is 59.8 Å². The van der Waals surface area contributed by atoms with Gasteiger partial charge in [-0.1, -0.05) is 18.2 Å². The van der Waals surface area contributed by atoms with E-state index in [4.69, 9.17) is 4.42 Å². The summed E-state index contributed by atoms with van der Waals surface area (Å²) in [6.07, 6.45) is 1.64. The summed E-state index contributed by atoms with van der Waals surface area (Å²) >= 11 is 3.13. The molecule has 3 rings (SSSR count). The molecule has 2 aromatic heterocycles. The van der Waals surface area contributed by atoms with Gasteiger partial charge in [0.25, 0.3) is 0 Å². The second-order valence-corrected chi connectivity index (χ2v) is 6.75. The number of anilines is 1. The highest BCUT2D eigenvalue weighted by molar-refractivity contribution is 7.99.